The Morgan fingerprint density at radius 1 is 1.44 bits per heavy atom. The molecule has 98 valence electrons. The van der Waals surface area contributed by atoms with Crippen LogP contribution in [0.3, 0.4) is 0 Å². The second-order valence-electron chi connectivity index (χ2n) is 5.18. The zero-order chi connectivity index (χ0) is 13.3. The van der Waals surface area contributed by atoms with Crippen molar-refractivity contribution in [1.29, 1.82) is 5.26 Å². The van der Waals surface area contributed by atoms with Gasteiger partial charge >= 0.3 is 0 Å². The van der Waals surface area contributed by atoms with E-state index < -0.39 is 0 Å². The van der Waals surface area contributed by atoms with Gasteiger partial charge in [0.25, 0.3) is 0 Å². The summed E-state index contributed by atoms with van der Waals surface area (Å²) in [5.74, 6) is 0.449. The van der Waals surface area contributed by atoms with E-state index >= 15 is 0 Å². The molecule has 0 aromatic carbocycles. The lowest BCUT2D eigenvalue weighted by molar-refractivity contribution is -0.112. The van der Waals surface area contributed by atoms with Gasteiger partial charge in [0.1, 0.15) is 6.10 Å². The summed E-state index contributed by atoms with van der Waals surface area (Å²) in [5, 5.41) is 17.4. The quantitative estimate of drug-likeness (QED) is 0.804. The smallest absolute Gasteiger partial charge is 0.148 e. The zero-order valence-electron chi connectivity index (χ0n) is 11.4. The van der Waals surface area contributed by atoms with Gasteiger partial charge in [-0.2, -0.15) is 5.26 Å². The largest absolute Gasteiger partial charge is 0.359 e. The van der Waals surface area contributed by atoms with Crippen molar-refractivity contribution in [3.8, 4) is 6.07 Å². The molecule has 5 heteroatoms. The van der Waals surface area contributed by atoms with Crippen molar-refractivity contribution in [2.24, 2.45) is 11.8 Å². The molecule has 2 heterocycles. The molecule has 0 N–H and O–H groups in total. The van der Waals surface area contributed by atoms with Gasteiger partial charge in [-0.3, -0.25) is 0 Å². The zero-order valence-corrected chi connectivity index (χ0v) is 11.4. The first-order chi connectivity index (χ1) is 8.58. The van der Waals surface area contributed by atoms with Crippen molar-refractivity contribution in [2.75, 3.05) is 0 Å². The number of nitriles is 1. The van der Waals surface area contributed by atoms with Gasteiger partial charge in [-0.1, -0.05) is 26.0 Å². The highest BCUT2D eigenvalue weighted by Gasteiger charge is 2.42. The van der Waals surface area contributed by atoms with Crippen LogP contribution >= 0.6 is 0 Å². The molecule has 0 spiro atoms. The van der Waals surface area contributed by atoms with Gasteiger partial charge in [-0.15, -0.1) is 5.10 Å². The maximum absolute atomic E-state index is 9.21. The molecule has 0 unspecified atom stereocenters. The maximum atomic E-state index is 9.21. The van der Waals surface area contributed by atoms with Gasteiger partial charge in [0.2, 0.25) is 0 Å². The first-order valence-electron chi connectivity index (χ1n) is 6.52. The molecule has 1 aliphatic rings. The van der Waals surface area contributed by atoms with E-state index in [1.807, 2.05) is 17.8 Å². The molecule has 1 aromatic heterocycles. The van der Waals surface area contributed by atoms with Crippen LogP contribution in [0.15, 0.2) is 6.20 Å². The van der Waals surface area contributed by atoms with Crippen molar-refractivity contribution in [3.05, 3.63) is 11.9 Å². The molecule has 1 aliphatic heterocycles. The number of hydrogen-bond donors (Lipinski definition) is 0. The van der Waals surface area contributed by atoms with Gasteiger partial charge in [-0.25, -0.2) is 4.68 Å². The second-order valence-corrected chi connectivity index (χ2v) is 5.18. The third-order valence-electron chi connectivity index (χ3n) is 3.92. The van der Waals surface area contributed by atoms with Crippen molar-refractivity contribution >= 4 is 0 Å². The van der Waals surface area contributed by atoms with Crippen LogP contribution < -0.4 is 0 Å². The Morgan fingerprint density at radius 2 is 2.17 bits per heavy atom. The minimum Gasteiger partial charge on any atom is -0.359 e. The van der Waals surface area contributed by atoms with Crippen molar-refractivity contribution in [2.45, 2.75) is 52.4 Å². The Kier molecular flexibility index (Phi) is 3.67. The van der Waals surface area contributed by atoms with Crippen molar-refractivity contribution in [3.63, 3.8) is 0 Å². The van der Waals surface area contributed by atoms with Crippen molar-refractivity contribution < 1.29 is 4.74 Å². The summed E-state index contributed by atoms with van der Waals surface area (Å²) < 4.78 is 7.75. The minimum absolute atomic E-state index is 0.111. The van der Waals surface area contributed by atoms with Crippen LogP contribution in [-0.2, 0) is 4.74 Å². The molecular weight excluding hydrogens is 228 g/mol. The fourth-order valence-corrected chi connectivity index (χ4v) is 2.92. The van der Waals surface area contributed by atoms with Crippen LogP contribution in [0.1, 0.15) is 38.9 Å². The molecule has 2 rings (SSSR count). The maximum Gasteiger partial charge on any atom is 0.148 e. The Labute approximate surface area is 108 Å². The van der Waals surface area contributed by atoms with Gasteiger partial charge in [0, 0.05) is 18.0 Å². The number of hydrogen-bond acceptors (Lipinski definition) is 4. The van der Waals surface area contributed by atoms with E-state index in [1.54, 1.807) is 0 Å². The van der Waals surface area contributed by atoms with Gasteiger partial charge < -0.3 is 4.74 Å². The average Bonchev–Trinajstić information content (AvgIpc) is 2.76. The van der Waals surface area contributed by atoms with E-state index in [4.69, 9.17) is 4.74 Å². The van der Waals surface area contributed by atoms with E-state index in [2.05, 4.69) is 37.2 Å². The average molecular weight is 248 g/mol. The summed E-state index contributed by atoms with van der Waals surface area (Å²) in [6, 6.07) is 2.44. The lowest BCUT2D eigenvalue weighted by Crippen LogP contribution is -2.46. The number of rotatable bonds is 2. The lowest BCUT2D eigenvalue weighted by atomic mass is 9.80. The van der Waals surface area contributed by atoms with Crippen LogP contribution in [0.25, 0.3) is 0 Å². The molecule has 5 nitrogen and oxygen atoms in total. The van der Waals surface area contributed by atoms with E-state index in [9.17, 15) is 5.26 Å². The Balaban J connectivity index is 2.32. The van der Waals surface area contributed by atoms with Gasteiger partial charge in [0.05, 0.1) is 23.9 Å². The van der Waals surface area contributed by atoms with Crippen LogP contribution in [0, 0.1) is 30.1 Å². The minimum atomic E-state index is -0.361. The Bertz CT molecular complexity index is 450. The molecule has 0 bridgehead atoms. The molecule has 18 heavy (non-hydrogen) atoms. The highest BCUT2D eigenvalue weighted by Crippen LogP contribution is 2.39. The van der Waals surface area contributed by atoms with E-state index in [1.165, 1.54) is 0 Å². The molecule has 1 fully saturated rings. The van der Waals surface area contributed by atoms with E-state index in [0.717, 1.165) is 12.1 Å². The van der Waals surface area contributed by atoms with Crippen molar-refractivity contribution in [1.82, 2.24) is 15.0 Å². The van der Waals surface area contributed by atoms with E-state index in [-0.39, 0.29) is 24.2 Å². The first kappa shape index (κ1) is 13.0. The second kappa shape index (κ2) is 5.07. The first-order valence-corrected chi connectivity index (χ1v) is 6.52. The Morgan fingerprint density at radius 3 is 2.67 bits per heavy atom. The summed E-state index contributed by atoms with van der Waals surface area (Å²) in [5.41, 5.74) is 0.905. The van der Waals surface area contributed by atoms with Gasteiger partial charge in [-0.05, 0) is 13.3 Å². The van der Waals surface area contributed by atoms with E-state index in [0.29, 0.717) is 5.92 Å². The molecule has 0 aliphatic carbocycles. The predicted octanol–water partition coefficient (Wildman–Crippen LogP) is 2.10. The third-order valence-corrected chi connectivity index (χ3v) is 3.92. The molecule has 5 atom stereocenters. The fraction of sp³-hybridized carbons (Fsp3) is 0.769. The lowest BCUT2D eigenvalue weighted by Gasteiger charge is -2.42. The predicted molar refractivity (Wildman–Crippen MR) is 66.7 cm³/mol. The number of aryl methyl sites for hydroxylation is 1. The summed E-state index contributed by atoms with van der Waals surface area (Å²) in [7, 11) is 0. The van der Waals surface area contributed by atoms with Crippen LogP contribution in [-0.4, -0.2) is 27.2 Å². The molecule has 0 amide bonds. The normalized spacial score (nSPS) is 36.3. The molecular formula is C13H20N4O. The number of nitrogens with zero attached hydrogens (tertiary/aromatic N) is 4. The number of aromatic nitrogens is 3. The van der Waals surface area contributed by atoms with Gasteiger partial charge in [0.15, 0.2) is 0 Å². The summed E-state index contributed by atoms with van der Waals surface area (Å²) in [6.45, 7) is 8.24. The molecule has 0 saturated carbocycles. The highest BCUT2D eigenvalue weighted by atomic mass is 16.5. The SMILES string of the molecule is CC[C@H]1O[C@@H](C#N)[C@H](C)[C@@H](n2cc(C)nn2)[C@H]1C. The topological polar surface area (TPSA) is 63.7 Å². The third kappa shape index (κ3) is 2.13. The summed E-state index contributed by atoms with van der Waals surface area (Å²) >= 11 is 0. The summed E-state index contributed by atoms with van der Waals surface area (Å²) in [4.78, 5) is 0. The Hall–Kier alpha value is -1.41. The fourth-order valence-electron chi connectivity index (χ4n) is 2.92. The highest BCUT2D eigenvalue weighted by molar-refractivity contribution is 5.01. The summed E-state index contributed by atoms with van der Waals surface area (Å²) in [6.07, 6.45) is 2.61. The van der Waals surface area contributed by atoms with Crippen LogP contribution in [0.5, 0.6) is 0 Å². The monoisotopic (exact) mass is 248 g/mol. The van der Waals surface area contributed by atoms with Crippen LogP contribution in [0.2, 0.25) is 0 Å². The molecule has 1 saturated heterocycles. The molecule has 0 radical (unpaired) electrons. The number of ether oxygens (including phenoxy) is 1. The standard InChI is InChI=1S/C13H20N4O/c1-5-11-9(3)13(10(4)12(6-14)18-11)17-7-8(2)15-16-17/h7,9-13H,5H2,1-4H3/t9-,10-,11+,12-,13-/m0/s1. The molecule has 1 aromatic rings. The van der Waals surface area contributed by atoms with Crippen LogP contribution in [0.4, 0.5) is 0 Å².